The number of rotatable bonds is 7. The first kappa shape index (κ1) is 20.3. The summed E-state index contributed by atoms with van der Waals surface area (Å²) in [4.78, 5) is 20.0. The van der Waals surface area contributed by atoms with Crippen molar-refractivity contribution in [2.45, 2.75) is 20.0 Å². The summed E-state index contributed by atoms with van der Waals surface area (Å²) in [5.74, 6) is 0. The molecule has 0 atom stereocenters. The van der Waals surface area contributed by atoms with Crippen molar-refractivity contribution in [1.82, 2.24) is 14.8 Å². The van der Waals surface area contributed by atoms with Crippen molar-refractivity contribution in [3.63, 3.8) is 0 Å². The first-order valence-electron chi connectivity index (χ1n) is 10.4. The number of nitrogens with zero attached hydrogens (tertiary/aromatic N) is 4. The van der Waals surface area contributed by atoms with Crippen molar-refractivity contribution < 1.29 is 4.92 Å². The minimum absolute atomic E-state index is 0.0790. The molecule has 1 aliphatic heterocycles. The van der Waals surface area contributed by atoms with E-state index in [0.717, 1.165) is 50.3 Å². The molecule has 1 aromatic heterocycles. The molecule has 30 heavy (non-hydrogen) atoms. The van der Waals surface area contributed by atoms with Gasteiger partial charge >= 0.3 is 0 Å². The van der Waals surface area contributed by atoms with E-state index in [1.807, 2.05) is 6.07 Å². The Morgan fingerprint density at radius 3 is 2.47 bits per heavy atom. The van der Waals surface area contributed by atoms with E-state index in [1.54, 1.807) is 24.5 Å². The monoisotopic (exact) mass is 405 g/mol. The number of nitro groups is 1. The predicted molar refractivity (Wildman–Crippen MR) is 120 cm³/mol. The molecule has 7 heteroatoms. The number of anilines is 1. The standard InChI is InChI=1S/C23H27N5O2/c1-2-26-11-13-27(14-12-26)17-19-6-4-3-5-18(19)15-25-22-7-8-23(28(29)30)21-16-24-10-9-20(21)22/h3-10,16,25H,2,11-15,17H2,1H3. The molecule has 156 valence electrons. The molecule has 3 aromatic rings. The Morgan fingerprint density at radius 2 is 1.73 bits per heavy atom. The number of fused-ring (bicyclic) bond motifs is 1. The van der Waals surface area contributed by atoms with Crippen molar-refractivity contribution in [3.8, 4) is 0 Å². The quantitative estimate of drug-likeness (QED) is 0.475. The Bertz CT molecular complexity index is 1030. The van der Waals surface area contributed by atoms with Crippen molar-refractivity contribution in [2.24, 2.45) is 0 Å². The summed E-state index contributed by atoms with van der Waals surface area (Å²) in [7, 11) is 0. The largest absolute Gasteiger partial charge is 0.380 e. The van der Waals surface area contributed by atoms with Crippen LogP contribution in [0.4, 0.5) is 11.4 Å². The average Bonchev–Trinajstić information content (AvgIpc) is 2.78. The Balaban J connectivity index is 1.50. The number of nitro benzene ring substituents is 1. The lowest BCUT2D eigenvalue weighted by molar-refractivity contribution is -0.383. The zero-order chi connectivity index (χ0) is 20.9. The number of piperazine rings is 1. The zero-order valence-electron chi connectivity index (χ0n) is 17.3. The normalized spacial score (nSPS) is 15.4. The van der Waals surface area contributed by atoms with Gasteiger partial charge in [0.25, 0.3) is 5.69 Å². The molecule has 0 saturated carbocycles. The summed E-state index contributed by atoms with van der Waals surface area (Å²) >= 11 is 0. The van der Waals surface area contributed by atoms with Gasteiger partial charge in [0.2, 0.25) is 0 Å². The summed E-state index contributed by atoms with van der Waals surface area (Å²) in [5.41, 5.74) is 3.53. The van der Waals surface area contributed by atoms with Crippen LogP contribution < -0.4 is 5.32 Å². The van der Waals surface area contributed by atoms with Gasteiger partial charge < -0.3 is 10.2 Å². The van der Waals surface area contributed by atoms with Gasteiger partial charge in [-0.05, 0) is 29.8 Å². The Hall–Kier alpha value is -3.03. The fraction of sp³-hybridized carbons (Fsp3) is 0.348. The molecule has 0 bridgehead atoms. The fourth-order valence-corrected chi connectivity index (χ4v) is 4.07. The van der Waals surface area contributed by atoms with Crippen molar-refractivity contribution in [3.05, 3.63) is 76.1 Å². The van der Waals surface area contributed by atoms with Gasteiger partial charge in [-0.2, -0.15) is 0 Å². The molecule has 1 fully saturated rings. The van der Waals surface area contributed by atoms with E-state index < -0.39 is 0 Å². The van der Waals surface area contributed by atoms with Crippen LogP contribution in [0.3, 0.4) is 0 Å². The summed E-state index contributed by atoms with van der Waals surface area (Å²) in [6.45, 7) is 9.38. The molecule has 2 aromatic carbocycles. The first-order chi connectivity index (χ1) is 14.7. The molecule has 4 rings (SSSR count). The van der Waals surface area contributed by atoms with E-state index in [4.69, 9.17) is 0 Å². The molecule has 7 nitrogen and oxygen atoms in total. The highest BCUT2D eigenvalue weighted by Crippen LogP contribution is 2.31. The van der Waals surface area contributed by atoms with Crippen LogP contribution in [0, 0.1) is 10.1 Å². The van der Waals surface area contributed by atoms with Crippen molar-refractivity contribution >= 4 is 22.1 Å². The summed E-state index contributed by atoms with van der Waals surface area (Å²) in [5, 5.41) is 16.2. The third kappa shape index (κ3) is 4.42. The van der Waals surface area contributed by atoms with Crippen LogP contribution in [-0.4, -0.2) is 52.4 Å². The number of hydrogen-bond acceptors (Lipinski definition) is 6. The SMILES string of the molecule is CCN1CCN(Cc2ccccc2CNc2ccc([N+](=O)[O-])c3cnccc23)CC1. The lowest BCUT2D eigenvalue weighted by Crippen LogP contribution is -2.45. The van der Waals surface area contributed by atoms with Gasteiger partial charge in [-0.25, -0.2) is 0 Å². The number of likely N-dealkylation sites (N-methyl/N-ethyl adjacent to an activating group) is 1. The molecule has 1 saturated heterocycles. The number of non-ortho nitro benzene ring substituents is 1. The minimum Gasteiger partial charge on any atom is -0.380 e. The van der Waals surface area contributed by atoms with Gasteiger partial charge in [0.05, 0.1) is 10.3 Å². The predicted octanol–water partition coefficient (Wildman–Crippen LogP) is 3.89. The third-order valence-electron chi connectivity index (χ3n) is 5.89. The molecule has 1 N–H and O–H groups in total. The van der Waals surface area contributed by atoms with E-state index in [9.17, 15) is 10.1 Å². The minimum atomic E-state index is -0.360. The van der Waals surface area contributed by atoms with Crippen LogP contribution in [0.5, 0.6) is 0 Å². The van der Waals surface area contributed by atoms with Crippen LogP contribution >= 0.6 is 0 Å². The number of pyridine rings is 1. The van der Waals surface area contributed by atoms with Gasteiger partial charge in [0.15, 0.2) is 0 Å². The van der Waals surface area contributed by atoms with Crippen LogP contribution in [0.15, 0.2) is 54.9 Å². The average molecular weight is 406 g/mol. The van der Waals surface area contributed by atoms with Crippen LogP contribution in [0.2, 0.25) is 0 Å². The summed E-state index contributed by atoms with van der Waals surface area (Å²) in [6, 6.07) is 13.7. The van der Waals surface area contributed by atoms with Crippen LogP contribution in [0.25, 0.3) is 10.8 Å². The maximum atomic E-state index is 11.3. The maximum Gasteiger partial charge on any atom is 0.278 e. The van der Waals surface area contributed by atoms with E-state index >= 15 is 0 Å². The molecule has 0 aliphatic carbocycles. The summed E-state index contributed by atoms with van der Waals surface area (Å²) < 4.78 is 0. The highest BCUT2D eigenvalue weighted by Gasteiger charge is 2.17. The molecule has 0 unspecified atom stereocenters. The third-order valence-corrected chi connectivity index (χ3v) is 5.89. The van der Waals surface area contributed by atoms with E-state index in [0.29, 0.717) is 11.9 Å². The molecule has 0 radical (unpaired) electrons. The molecule has 1 aliphatic rings. The Morgan fingerprint density at radius 1 is 1.00 bits per heavy atom. The lowest BCUT2D eigenvalue weighted by Gasteiger charge is -2.34. The number of benzene rings is 2. The number of aromatic nitrogens is 1. The number of hydrogen-bond donors (Lipinski definition) is 1. The molecular weight excluding hydrogens is 378 g/mol. The highest BCUT2D eigenvalue weighted by molar-refractivity contribution is 5.99. The van der Waals surface area contributed by atoms with Crippen molar-refractivity contribution in [2.75, 3.05) is 38.0 Å². The highest BCUT2D eigenvalue weighted by atomic mass is 16.6. The molecular formula is C23H27N5O2. The summed E-state index contributed by atoms with van der Waals surface area (Å²) in [6.07, 6.45) is 3.23. The molecule has 0 spiro atoms. The van der Waals surface area contributed by atoms with E-state index in [1.165, 1.54) is 11.1 Å². The molecule has 2 heterocycles. The lowest BCUT2D eigenvalue weighted by atomic mass is 10.1. The van der Waals surface area contributed by atoms with Crippen molar-refractivity contribution in [1.29, 1.82) is 0 Å². The Labute approximate surface area is 176 Å². The van der Waals surface area contributed by atoms with Crippen LogP contribution in [0.1, 0.15) is 18.1 Å². The molecule has 0 amide bonds. The van der Waals surface area contributed by atoms with Gasteiger partial charge in [-0.1, -0.05) is 31.2 Å². The second kappa shape index (κ2) is 9.19. The van der Waals surface area contributed by atoms with Gasteiger partial charge in [-0.15, -0.1) is 0 Å². The fourth-order valence-electron chi connectivity index (χ4n) is 4.07. The second-order valence-electron chi connectivity index (χ2n) is 7.64. The Kier molecular flexibility index (Phi) is 6.21. The topological polar surface area (TPSA) is 74.5 Å². The zero-order valence-corrected chi connectivity index (χ0v) is 17.3. The van der Waals surface area contributed by atoms with E-state index in [-0.39, 0.29) is 10.6 Å². The van der Waals surface area contributed by atoms with E-state index in [2.05, 4.69) is 51.3 Å². The van der Waals surface area contributed by atoms with Crippen LogP contribution in [-0.2, 0) is 13.1 Å². The van der Waals surface area contributed by atoms with Gasteiger partial charge in [-0.3, -0.25) is 20.0 Å². The van der Waals surface area contributed by atoms with Gasteiger partial charge in [0, 0.05) is 68.8 Å². The van der Waals surface area contributed by atoms with Gasteiger partial charge in [0.1, 0.15) is 0 Å². The number of nitrogens with one attached hydrogen (secondary N) is 1. The maximum absolute atomic E-state index is 11.3. The first-order valence-corrected chi connectivity index (χ1v) is 10.4. The smallest absolute Gasteiger partial charge is 0.278 e. The second-order valence-corrected chi connectivity index (χ2v) is 7.64.